The summed E-state index contributed by atoms with van der Waals surface area (Å²) in [6, 6.07) is 101. The smallest absolute Gasteiger partial charge is 0.164 e. The first-order chi connectivity index (χ1) is 43.1. The Bertz CT molecular complexity index is 4810. The number of hydrogen-bond acceptors (Lipinski definition) is 3. The van der Waals surface area contributed by atoms with Gasteiger partial charge in [0.1, 0.15) is 0 Å². The maximum atomic E-state index is 5.09. The lowest BCUT2D eigenvalue weighted by Gasteiger charge is -2.09. The van der Waals surface area contributed by atoms with E-state index in [1.807, 2.05) is 72.8 Å². The van der Waals surface area contributed by atoms with Gasteiger partial charge >= 0.3 is 0 Å². The monoisotopic (exact) mass is 1100 g/mol. The summed E-state index contributed by atoms with van der Waals surface area (Å²) in [4.78, 5) is 15.3. The third-order valence-corrected chi connectivity index (χ3v) is 16.2. The summed E-state index contributed by atoms with van der Waals surface area (Å²) in [5, 5.41) is 7.43. The van der Waals surface area contributed by atoms with E-state index in [-0.39, 0.29) is 0 Å². The van der Waals surface area contributed by atoms with Crippen LogP contribution in [0.2, 0.25) is 0 Å². The fraction of sp³-hybridized carbons (Fsp3) is 0. The largest absolute Gasteiger partial charge is 0.309 e. The van der Waals surface area contributed by atoms with Gasteiger partial charge in [0.15, 0.2) is 17.5 Å². The number of para-hydroxylation sites is 6. The van der Waals surface area contributed by atoms with Crippen molar-refractivity contribution < 1.29 is 0 Å². The lowest BCUT2D eigenvalue weighted by molar-refractivity contribution is 1.07. The van der Waals surface area contributed by atoms with Crippen LogP contribution in [0, 0.1) is 35.5 Å². The van der Waals surface area contributed by atoms with Crippen LogP contribution in [0.5, 0.6) is 0 Å². The van der Waals surface area contributed by atoms with E-state index in [0.29, 0.717) is 17.5 Å². The molecule has 6 nitrogen and oxygen atoms in total. The molecule has 0 unspecified atom stereocenters. The minimum atomic E-state index is 0.552. The van der Waals surface area contributed by atoms with Crippen molar-refractivity contribution in [3.05, 3.63) is 325 Å². The molecule has 87 heavy (non-hydrogen) atoms. The van der Waals surface area contributed by atoms with Gasteiger partial charge in [-0.05, 0) is 182 Å². The molecule has 0 saturated carbocycles. The van der Waals surface area contributed by atoms with Crippen molar-refractivity contribution in [3.63, 3.8) is 0 Å². The highest BCUT2D eigenvalue weighted by molar-refractivity contribution is 6.11. The van der Waals surface area contributed by atoms with Gasteiger partial charge in [-0.25, -0.2) is 15.0 Å². The molecule has 0 N–H and O–H groups in total. The van der Waals surface area contributed by atoms with Crippen molar-refractivity contribution in [3.8, 4) is 86.7 Å². The summed E-state index contributed by atoms with van der Waals surface area (Å²) in [5.74, 6) is 22.0. The van der Waals surface area contributed by atoms with Gasteiger partial charge < -0.3 is 13.7 Å². The highest BCUT2D eigenvalue weighted by Gasteiger charge is 2.16. The van der Waals surface area contributed by atoms with Crippen molar-refractivity contribution in [1.29, 1.82) is 0 Å². The molecule has 16 rings (SSSR count). The first-order valence-electron chi connectivity index (χ1n) is 29.0. The molecular weight excluding hydrogens is 1060 g/mol. The number of hydrogen-bond donors (Lipinski definition) is 0. The van der Waals surface area contributed by atoms with Gasteiger partial charge in [-0.15, -0.1) is 0 Å². The minimum Gasteiger partial charge on any atom is -0.309 e. The van der Waals surface area contributed by atoms with E-state index >= 15 is 0 Å². The van der Waals surface area contributed by atoms with Crippen LogP contribution in [0.4, 0.5) is 0 Å². The zero-order valence-electron chi connectivity index (χ0n) is 46.9. The highest BCUT2D eigenvalue weighted by Crippen LogP contribution is 2.35. The van der Waals surface area contributed by atoms with Gasteiger partial charge in [0.25, 0.3) is 0 Å². The normalized spacial score (nSPS) is 11.2. The van der Waals surface area contributed by atoms with Crippen LogP contribution in [0.15, 0.2) is 291 Å². The second kappa shape index (κ2) is 21.5. The number of aromatic nitrogens is 6. The number of nitrogens with zero attached hydrogens (tertiary/aromatic N) is 6. The number of fused-ring (bicyclic) bond motifs is 9. The summed E-state index contributed by atoms with van der Waals surface area (Å²) in [5.41, 5.74) is 18.3. The molecule has 0 radical (unpaired) electrons. The molecular formula is C81H48N6. The third kappa shape index (κ3) is 9.42. The second-order valence-corrected chi connectivity index (χ2v) is 21.5. The molecule has 6 heteroatoms. The quantitative estimate of drug-likeness (QED) is 0.156. The zero-order valence-corrected chi connectivity index (χ0v) is 46.9. The molecule has 0 aliphatic heterocycles. The van der Waals surface area contributed by atoms with E-state index in [9.17, 15) is 0 Å². The van der Waals surface area contributed by atoms with Gasteiger partial charge in [0.2, 0.25) is 0 Å². The molecule has 0 aliphatic carbocycles. The molecule has 0 fully saturated rings. The molecule has 16 aromatic rings. The third-order valence-electron chi connectivity index (χ3n) is 16.2. The number of benzene rings is 12. The van der Waals surface area contributed by atoms with Crippen molar-refractivity contribution in [1.82, 2.24) is 28.7 Å². The molecule has 0 saturated heterocycles. The Hall–Kier alpha value is -12.3. The van der Waals surface area contributed by atoms with E-state index in [1.54, 1.807) is 0 Å². The van der Waals surface area contributed by atoms with Crippen molar-refractivity contribution in [2.24, 2.45) is 0 Å². The molecule has 0 aliphatic rings. The predicted octanol–water partition coefficient (Wildman–Crippen LogP) is 18.4. The maximum absolute atomic E-state index is 5.09. The first kappa shape index (κ1) is 50.5. The van der Waals surface area contributed by atoms with E-state index < -0.39 is 0 Å². The van der Waals surface area contributed by atoms with E-state index in [1.165, 1.54) is 65.4 Å². The lowest BCUT2D eigenvalue weighted by Crippen LogP contribution is -2.00. The Balaban J connectivity index is 0.677. The van der Waals surface area contributed by atoms with Crippen molar-refractivity contribution in [2.75, 3.05) is 0 Å². The summed E-state index contributed by atoms with van der Waals surface area (Å²) < 4.78 is 6.95. The van der Waals surface area contributed by atoms with Gasteiger partial charge in [-0.3, -0.25) is 0 Å². The Morgan fingerprint density at radius 1 is 0.184 bits per heavy atom. The van der Waals surface area contributed by atoms with Gasteiger partial charge in [0.05, 0.1) is 33.1 Å². The predicted molar refractivity (Wildman–Crippen MR) is 356 cm³/mol. The summed E-state index contributed by atoms with van der Waals surface area (Å²) in [7, 11) is 0. The van der Waals surface area contributed by atoms with Gasteiger partial charge in [0, 0.05) is 99.5 Å². The first-order valence-corrected chi connectivity index (χ1v) is 29.0. The van der Waals surface area contributed by atoms with Gasteiger partial charge in [-0.2, -0.15) is 0 Å². The van der Waals surface area contributed by atoms with Crippen LogP contribution in [0.25, 0.3) is 117 Å². The zero-order chi connectivity index (χ0) is 57.6. The lowest BCUT2D eigenvalue weighted by atomic mass is 10.1. The molecule has 12 aromatic carbocycles. The van der Waals surface area contributed by atoms with Crippen LogP contribution in [0.3, 0.4) is 0 Å². The van der Waals surface area contributed by atoms with Crippen LogP contribution >= 0.6 is 0 Å². The molecule has 4 heterocycles. The number of rotatable bonds is 6. The molecule has 0 spiro atoms. The van der Waals surface area contributed by atoms with Gasteiger partial charge in [-0.1, -0.05) is 145 Å². The SMILES string of the molecule is C(#Cc1ccc(-n2c3ccccc3c3ccccc32)cc1)c1ccc(-c2nc(-c3ccc(C#Cc4ccc(-n5c6ccccc6c6ccccc65)cc4)cc3)nc(-c3ccc(C#Cc4ccc(-n5c6ccccc6c6ccccc65)cc4)cc3)n2)cc1. The summed E-state index contributed by atoms with van der Waals surface area (Å²) in [6.07, 6.45) is 0. The van der Waals surface area contributed by atoms with E-state index in [4.69, 9.17) is 15.0 Å². The average Bonchev–Trinajstić information content (AvgIpc) is 1.90. The summed E-state index contributed by atoms with van der Waals surface area (Å²) in [6.45, 7) is 0. The van der Waals surface area contributed by atoms with Crippen LogP contribution in [-0.2, 0) is 0 Å². The molecule has 0 atom stereocenters. The Kier molecular flexibility index (Phi) is 12.5. The van der Waals surface area contributed by atoms with Crippen LogP contribution in [0.1, 0.15) is 33.4 Å². The molecule has 402 valence electrons. The molecule has 0 amide bonds. The molecule has 0 bridgehead atoms. The highest BCUT2D eigenvalue weighted by atomic mass is 15.0. The van der Waals surface area contributed by atoms with Crippen molar-refractivity contribution in [2.45, 2.75) is 0 Å². The Labute approximate surface area is 502 Å². The standard InChI is InChI=1S/C81H48N6/c1-7-19-73-67(13-1)68-14-2-8-20-74(68)85(73)64-49-37-58(38-50-64)28-25-55-31-43-61(44-32-55)79-82-80(62-45-33-56(34-46-62)26-29-59-39-51-65(52-40-59)86-75-21-9-3-15-69(75)70-16-4-10-22-76(70)86)84-81(83-79)63-47-35-57(36-48-63)27-30-60-41-53-66(54-42-60)87-77-23-11-5-17-71(77)72-18-6-12-24-78(72)87/h1-24,31-54H. The fourth-order valence-corrected chi connectivity index (χ4v) is 12.0. The van der Waals surface area contributed by atoms with E-state index in [2.05, 4.69) is 268 Å². The average molecular weight is 1110 g/mol. The maximum Gasteiger partial charge on any atom is 0.164 e. The Morgan fingerprint density at radius 2 is 0.356 bits per heavy atom. The topological polar surface area (TPSA) is 53.5 Å². The van der Waals surface area contributed by atoms with Crippen LogP contribution in [-0.4, -0.2) is 28.7 Å². The van der Waals surface area contributed by atoms with Crippen LogP contribution < -0.4 is 0 Å². The second-order valence-electron chi connectivity index (χ2n) is 21.5. The molecule has 4 aromatic heterocycles. The minimum absolute atomic E-state index is 0.552. The Morgan fingerprint density at radius 3 is 0.552 bits per heavy atom. The van der Waals surface area contributed by atoms with E-state index in [0.717, 1.165) is 67.1 Å². The summed E-state index contributed by atoms with van der Waals surface area (Å²) >= 11 is 0. The fourth-order valence-electron chi connectivity index (χ4n) is 12.0. The van der Waals surface area contributed by atoms with Crippen molar-refractivity contribution >= 4 is 65.4 Å².